The van der Waals surface area contributed by atoms with E-state index in [0.29, 0.717) is 29.7 Å². The predicted molar refractivity (Wildman–Crippen MR) is 115 cm³/mol. The van der Waals surface area contributed by atoms with Crippen molar-refractivity contribution >= 4 is 23.5 Å². The molecule has 1 aliphatic heterocycles. The minimum atomic E-state index is -0.242. The molecule has 160 valence electrons. The molecule has 2 N–H and O–H groups in total. The van der Waals surface area contributed by atoms with Gasteiger partial charge in [0.1, 0.15) is 5.82 Å². The molecule has 0 radical (unpaired) electrons. The van der Waals surface area contributed by atoms with E-state index in [1.807, 2.05) is 6.92 Å². The Hall–Kier alpha value is -1.86. The average molecular weight is 424 g/mol. The van der Waals surface area contributed by atoms with Crippen LogP contribution in [0, 0.1) is 5.82 Å². The minimum Gasteiger partial charge on any atom is -0.354 e. The van der Waals surface area contributed by atoms with Gasteiger partial charge in [-0.15, -0.1) is 0 Å². The number of aliphatic imine (C=N–C) groups is 1. The quantitative estimate of drug-likeness (QED) is 0.545. The summed E-state index contributed by atoms with van der Waals surface area (Å²) in [4.78, 5) is 20.3. The lowest BCUT2D eigenvalue weighted by Gasteiger charge is -2.33. The molecular formula is C21H31ClFN5O. The number of guanidine groups is 1. The molecule has 0 aromatic heterocycles. The molecule has 2 aliphatic rings. The van der Waals surface area contributed by atoms with Crippen molar-refractivity contribution < 1.29 is 9.18 Å². The number of nitrogens with one attached hydrogen (secondary N) is 2. The molecule has 1 saturated heterocycles. The molecule has 2 fully saturated rings. The van der Waals surface area contributed by atoms with Crippen molar-refractivity contribution in [1.82, 2.24) is 20.4 Å². The zero-order valence-corrected chi connectivity index (χ0v) is 18.2. The van der Waals surface area contributed by atoms with Gasteiger partial charge in [0.05, 0.1) is 6.54 Å². The van der Waals surface area contributed by atoms with Crippen LogP contribution in [0.2, 0.25) is 5.02 Å². The summed E-state index contributed by atoms with van der Waals surface area (Å²) in [7, 11) is 3.57. The normalized spacial score (nSPS) is 23.0. The van der Waals surface area contributed by atoms with Crippen molar-refractivity contribution in [2.75, 3.05) is 40.3 Å². The Bertz CT molecular complexity index is 728. The van der Waals surface area contributed by atoms with E-state index in [9.17, 15) is 9.18 Å². The van der Waals surface area contributed by atoms with E-state index in [1.54, 1.807) is 31.1 Å². The number of likely N-dealkylation sites (N-methyl/N-ethyl adjacent to an activating group) is 1. The standard InChI is InChI=1S/C21H31ClFN5O/c1-4-24-21(25-14-8-10-28(11-9-14)13-19(29)27(2)3)26-18-12-15(18)20-16(22)6-5-7-17(20)23/h5-7,14-15,18H,4,8-13H2,1-3H3,(H2,24,25,26). The first-order valence-corrected chi connectivity index (χ1v) is 10.7. The van der Waals surface area contributed by atoms with Gasteiger partial charge in [0.2, 0.25) is 5.91 Å². The summed E-state index contributed by atoms with van der Waals surface area (Å²) in [5.74, 6) is 0.744. The van der Waals surface area contributed by atoms with Gasteiger partial charge in [-0.1, -0.05) is 17.7 Å². The summed E-state index contributed by atoms with van der Waals surface area (Å²) in [6.07, 6.45) is 2.76. The lowest BCUT2D eigenvalue weighted by Crippen LogP contribution is -2.50. The van der Waals surface area contributed by atoms with Gasteiger partial charge >= 0.3 is 0 Å². The van der Waals surface area contributed by atoms with E-state index in [0.717, 1.165) is 38.3 Å². The lowest BCUT2D eigenvalue weighted by molar-refractivity contribution is -0.130. The molecule has 1 aromatic carbocycles. The van der Waals surface area contributed by atoms with E-state index < -0.39 is 0 Å². The largest absolute Gasteiger partial charge is 0.354 e. The van der Waals surface area contributed by atoms with E-state index >= 15 is 0 Å². The number of hydrogen-bond acceptors (Lipinski definition) is 3. The molecule has 29 heavy (non-hydrogen) atoms. The number of nitrogens with zero attached hydrogens (tertiary/aromatic N) is 3. The van der Waals surface area contributed by atoms with Crippen LogP contribution in [0.15, 0.2) is 23.2 Å². The lowest BCUT2D eigenvalue weighted by atomic mass is 10.1. The monoisotopic (exact) mass is 423 g/mol. The molecule has 2 atom stereocenters. The number of likely N-dealkylation sites (tertiary alicyclic amines) is 1. The third-order valence-electron chi connectivity index (χ3n) is 5.59. The summed E-state index contributed by atoms with van der Waals surface area (Å²) in [5, 5.41) is 7.44. The molecule has 1 heterocycles. The minimum absolute atomic E-state index is 0.0754. The Labute approximate surface area is 177 Å². The predicted octanol–water partition coefficient (Wildman–Crippen LogP) is 2.44. The van der Waals surface area contributed by atoms with Gasteiger partial charge in [-0.05, 0) is 38.3 Å². The van der Waals surface area contributed by atoms with Gasteiger partial charge in [0.15, 0.2) is 5.96 Å². The molecule has 1 amide bonds. The number of amides is 1. The number of piperidine rings is 1. The number of carbonyl (C=O) groups excluding carboxylic acids is 1. The zero-order chi connectivity index (χ0) is 21.0. The summed E-state index contributed by atoms with van der Waals surface area (Å²) in [6, 6.07) is 5.29. The fourth-order valence-corrected chi connectivity index (χ4v) is 4.07. The van der Waals surface area contributed by atoms with Crippen molar-refractivity contribution in [2.45, 2.75) is 44.2 Å². The van der Waals surface area contributed by atoms with Gasteiger partial charge in [-0.3, -0.25) is 14.7 Å². The maximum absolute atomic E-state index is 14.2. The first kappa shape index (κ1) is 21.8. The molecule has 1 aliphatic carbocycles. The topological polar surface area (TPSA) is 60.0 Å². The Morgan fingerprint density at radius 1 is 1.31 bits per heavy atom. The Balaban J connectivity index is 1.50. The van der Waals surface area contributed by atoms with Crippen LogP contribution in [-0.4, -0.2) is 74.0 Å². The highest BCUT2D eigenvalue weighted by Crippen LogP contribution is 2.44. The molecule has 2 unspecified atom stereocenters. The number of benzene rings is 1. The first-order valence-electron chi connectivity index (χ1n) is 10.3. The van der Waals surface area contributed by atoms with E-state index in [4.69, 9.17) is 11.6 Å². The summed E-state index contributed by atoms with van der Waals surface area (Å²) in [6.45, 7) is 4.91. The summed E-state index contributed by atoms with van der Waals surface area (Å²) in [5.41, 5.74) is 0.599. The zero-order valence-electron chi connectivity index (χ0n) is 17.4. The highest BCUT2D eigenvalue weighted by atomic mass is 35.5. The van der Waals surface area contributed by atoms with Gasteiger partial charge in [-0.25, -0.2) is 4.39 Å². The molecule has 3 rings (SSSR count). The Morgan fingerprint density at radius 3 is 2.66 bits per heavy atom. The van der Waals surface area contributed by atoms with Crippen LogP contribution in [0.3, 0.4) is 0 Å². The molecular weight excluding hydrogens is 393 g/mol. The fraction of sp³-hybridized carbons (Fsp3) is 0.619. The van der Waals surface area contributed by atoms with Crippen molar-refractivity contribution in [3.63, 3.8) is 0 Å². The van der Waals surface area contributed by atoms with Crippen LogP contribution >= 0.6 is 11.6 Å². The highest BCUT2D eigenvalue weighted by Gasteiger charge is 2.42. The van der Waals surface area contributed by atoms with Crippen LogP contribution in [0.25, 0.3) is 0 Å². The maximum atomic E-state index is 14.2. The Morgan fingerprint density at radius 2 is 2.03 bits per heavy atom. The molecule has 0 spiro atoms. The van der Waals surface area contributed by atoms with Crippen molar-refractivity contribution in [2.24, 2.45) is 4.99 Å². The smallest absolute Gasteiger partial charge is 0.236 e. The number of halogens is 2. The third kappa shape index (κ3) is 5.82. The van der Waals surface area contributed by atoms with E-state index in [1.165, 1.54) is 6.07 Å². The fourth-order valence-electron chi connectivity index (χ4n) is 3.77. The van der Waals surface area contributed by atoms with Crippen LogP contribution in [-0.2, 0) is 4.79 Å². The van der Waals surface area contributed by atoms with Crippen LogP contribution in [0.5, 0.6) is 0 Å². The Kier molecular flexibility index (Phi) is 7.35. The van der Waals surface area contributed by atoms with E-state index in [2.05, 4.69) is 20.5 Å². The van der Waals surface area contributed by atoms with Crippen LogP contribution < -0.4 is 10.6 Å². The maximum Gasteiger partial charge on any atom is 0.236 e. The van der Waals surface area contributed by atoms with Crippen LogP contribution in [0.1, 0.15) is 37.7 Å². The second-order valence-corrected chi connectivity index (χ2v) is 8.44. The van der Waals surface area contributed by atoms with Gasteiger partial charge < -0.3 is 15.5 Å². The van der Waals surface area contributed by atoms with Gasteiger partial charge in [0.25, 0.3) is 0 Å². The second-order valence-electron chi connectivity index (χ2n) is 8.03. The average Bonchev–Trinajstić information content (AvgIpc) is 3.41. The summed E-state index contributed by atoms with van der Waals surface area (Å²) < 4.78 is 14.2. The van der Waals surface area contributed by atoms with E-state index in [-0.39, 0.29) is 23.7 Å². The third-order valence-corrected chi connectivity index (χ3v) is 5.91. The SMILES string of the molecule is CCN=C(NC1CCN(CC(=O)N(C)C)CC1)NC1CC1c1c(F)cccc1Cl. The number of hydrogen-bond donors (Lipinski definition) is 2. The first-order chi connectivity index (χ1) is 13.9. The van der Waals surface area contributed by atoms with Gasteiger partial charge in [-0.2, -0.15) is 0 Å². The van der Waals surface area contributed by atoms with Crippen molar-refractivity contribution in [3.05, 3.63) is 34.6 Å². The molecule has 1 aromatic rings. The molecule has 1 saturated carbocycles. The van der Waals surface area contributed by atoms with Crippen molar-refractivity contribution in [3.8, 4) is 0 Å². The summed E-state index contributed by atoms with van der Waals surface area (Å²) >= 11 is 6.21. The van der Waals surface area contributed by atoms with Crippen LogP contribution in [0.4, 0.5) is 4.39 Å². The molecule has 8 heteroatoms. The molecule has 0 bridgehead atoms. The highest BCUT2D eigenvalue weighted by molar-refractivity contribution is 6.31. The van der Waals surface area contributed by atoms with Crippen molar-refractivity contribution in [1.29, 1.82) is 0 Å². The number of rotatable bonds is 6. The van der Waals surface area contributed by atoms with Gasteiger partial charge in [0, 0.05) is 62.3 Å². The molecule has 6 nitrogen and oxygen atoms in total. The second kappa shape index (κ2) is 9.76. The number of carbonyl (C=O) groups is 1.